The number of aromatic nitrogens is 3. The predicted octanol–water partition coefficient (Wildman–Crippen LogP) is 2.91. The van der Waals surface area contributed by atoms with E-state index in [-0.39, 0.29) is 5.91 Å². The molecule has 2 fully saturated rings. The molecule has 0 spiro atoms. The van der Waals surface area contributed by atoms with Gasteiger partial charge in [0.25, 0.3) is 5.91 Å². The van der Waals surface area contributed by atoms with Crippen molar-refractivity contribution >= 4 is 11.7 Å². The van der Waals surface area contributed by atoms with E-state index in [1.165, 1.54) is 32.1 Å². The van der Waals surface area contributed by atoms with Gasteiger partial charge in [0.1, 0.15) is 5.69 Å². The summed E-state index contributed by atoms with van der Waals surface area (Å²) in [5.74, 6) is 1.37. The summed E-state index contributed by atoms with van der Waals surface area (Å²) in [5.41, 5.74) is 0.529. The summed E-state index contributed by atoms with van der Waals surface area (Å²) in [7, 11) is 0. The third-order valence-corrected chi connectivity index (χ3v) is 5.21. The van der Waals surface area contributed by atoms with E-state index < -0.39 is 0 Å². The van der Waals surface area contributed by atoms with Crippen LogP contribution in [0.3, 0.4) is 0 Å². The number of imidazole rings is 1. The Bertz CT molecular complexity index is 641. The van der Waals surface area contributed by atoms with Crippen LogP contribution in [0, 0.1) is 5.92 Å². The number of carbonyl (C=O) groups is 1. The van der Waals surface area contributed by atoms with Gasteiger partial charge in [-0.05, 0) is 37.7 Å². The molecule has 0 bridgehead atoms. The minimum Gasteiger partial charge on any atom is -0.334 e. The van der Waals surface area contributed by atoms with E-state index >= 15 is 0 Å². The zero-order chi connectivity index (χ0) is 14.9. The van der Waals surface area contributed by atoms with Gasteiger partial charge in [0, 0.05) is 31.2 Å². The molecule has 4 rings (SSSR count). The second kappa shape index (κ2) is 5.71. The Labute approximate surface area is 130 Å². The van der Waals surface area contributed by atoms with E-state index in [1.54, 1.807) is 12.4 Å². The van der Waals surface area contributed by atoms with E-state index in [0.29, 0.717) is 23.4 Å². The van der Waals surface area contributed by atoms with Gasteiger partial charge < -0.3 is 4.90 Å². The minimum atomic E-state index is 0.0820. The van der Waals surface area contributed by atoms with E-state index in [1.807, 2.05) is 16.7 Å². The van der Waals surface area contributed by atoms with Gasteiger partial charge in [-0.25, -0.2) is 9.97 Å². The Kier molecular flexibility index (Phi) is 3.56. The monoisotopic (exact) mass is 298 g/mol. The van der Waals surface area contributed by atoms with Crippen LogP contribution in [-0.2, 0) is 0 Å². The number of likely N-dealkylation sites (tertiary alicyclic amines) is 1. The molecule has 1 aliphatic heterocycles. The van der Waals surface area contributed by atoms with Crippen molar-refractivity contribution in [3.8, 4) is 0 Å². The Morgan fingerprint density at radius 3 is 2.82 bits per heavy atom. The van der Waals surface area contributed by atoms with Crippen LogP contribution in [0.15, 0.2) is 24.7 Å². The number of carbonyl (C=O) groups excluding carboxylic acids is 1. The molecule has 1 unspecified atom stereocenters. The van der Waals surface area contributed by atoms with Crippen molar-refractivity contribution < 1.29 is 4.79 Å². The highest BCUT2D eigenvalue weighted by molar-refractivity contribution is 5.93. The van der Waals surface area contributed by atoms with Gasteiger partial charge in [0.2, 0.25) is 5.78 Å². The molecule has 1 saturated heterocycles. The molecule has 3 heterocycles. The van der Waals surface area contributed by atoms with Gasteiger partial charge in [0.05, 0.1) is 0 Å². The van der Waals surface area contributed by atoms with E-state index in [9.17, 15) is 4.79 Å². The largest absolute Gasteiger partial charge is 0.334 e. The van der Waals surface area contributed by atoms with E-state index in [0.717, 1.165) is 19.4 Å². The number of amides is 1. The topological polar surface area (TPSA) is 50.5 Å². The highest BCUT2D eigenvalue weighted by Crippen LogP contribution is 2.34. The SMILES string of the molecule is O=C(c1cn2cccnc2n1)N1CCCC1C1CCCCC1. The number of hydrogen-bond donors (Lipinski definition) is 0. The molecule has 2 aromatic heterocycles. The van der Waals surface area contributed by atoms with Gasteiger partial charge >= 0.3 is 0 Å². The van der Waals surface area contributed by atoms with Crippen molar-refractivity contribution in [3.05, 3.63) is 30.4 Å². The number of rotatable bonds is 2. The lowest BCUT2D eigenvalue weighted by atomic mass is 9.83. The molecule has 1 saturated carbocycles. The van der Waals surface area contributed by atoms with Crippen LogP contribution < -0.4 is 0 Å². The standard InChI is InChI=1S/C17H22N4O/c22-16(14-12-20-10-5-9-18-17(20)19-14)21-11-4-8-15(21)13-6-2-1-3-7-13/h5,9-10,12-13,15H,1-4,6-8,11H2. The molecule has 22 heavy (non-hydrogen) atoms. The second-order valence-electron chi connectivity index (χ2n) is 6.56. The first-order valence-corrected chi connectivity index (χ1v) is 8.43. The zero-order valence-electron chi connectivity index (χ0n) is 12.8. The van der Waals surface area contributed by atoms with Crippen LogP contribution in [0.5, 0.6) is 0 Å². The molecule has 2 aliphatic rings. The Morgan fingerprint density at radius 1 is 1.14 bits per heavy atom. The van der Waals surface area contributed by atoms with Crippen molar-refractivity contribution in [1.82, 2.24) is 19.3 Å². The summed E-state index contributed by atoms with van der Waals surface area (Å²) in [6.45, 7) is 0.876. The molecule has 2 aromatic rings. The van der Waals surface area contributed by atoms with Gasteiger partial charge in [-0.15, -0.1) is 0 Å². The third kappa shape index (κ3) is 2.38. The lowest BCUT2D eigenvalue weighted by molar-refractivity contribution is 0.0656. The first-order valence-electron chi connectivity index (χ1n) is 8.43. The predicted molar refractivity (Wildman–Crippen MR) is 83.6 cm³/mol. The summed E-state index contributed by atoms with van der Waals surface area (Å²) >= 11 is 0. The van der Waals surface area contributed by atoms with E-state index in [2.05, 4.69) is 14.9 Å². The van der Waals surface area contributed by atoms with Gasteiger partial charge in [-0.2, -0.15) is 0 Å². The van der Waals surface area contributed by atoms with Crippen LogP contribution >= 0.6 is 0 Å². The van der Waals surface area contributed by atoms with Crippen molar-refractivity contribution in [2.75, 3.05) is 6.54 Å². The Hall–Kier alpha value is -1.91. The normalized spacial score (nSPS) is 23.3. The molecule has 5 nitrogen and oxygen atoms in total. The molecule has 0 aromatic carbocycles. The fourth-order valence-electron chi connectivity index (χ4n) is 4.13. The number of nitrogens with zero attached hydrogens (tertiary/aromatic N) is 4. The van der Waals surface area contributed by atoms with Crippen molar-refractivity contribution in [1.29, 1.82) is 0 Å². The summed E-state index contributed by atoms with van der Waals surface area (Å²) in [6.07, 6.45) is 14.2. The molecule has 5 heteroatoms. The summed E-state index contributed by atoms with van der Waals surface area (Å²) in [4.78, 5) is 23.6. The minimum absolute atomic E-state index is 0.0820. The molecular formula is C17H22N4O. The van der Waals surface area contributed by atoms with Crippen LogP contribution in [0.1, 0.15) is 55.4 Å². The highest BCUT2D eigenvalue weighted by Gasteiger charge is 2.36. The smallest absolute Gasteiger partial charge is 0.274 e. The van der Waals surface area contributed by atoms with Gasteiger partial charge in [-0.3, -0.25) is 9.20 Å². The van der Waals surface area contributed by atoms with E-state index in [4.69, 9.17) is 0 Å². The average molecular weight is 298 g/mol. The lowest BCUT2D eigenvalue weighted by Gasteiger charge is -2.33. The fraction of sp³-hybridized carbons (Fsp3) is 0.588. The Morgan fingerprint density at radius 2 is 2.00 bits per heavy atom. The summed E-state index contributed by atoms with van der Waals surface area (Å²) in [5, 5.41) is 0. The van der Waals surface area contributed by atoms with Crippen LogP contribution in [0.4, 0.5) is 0 Å². The summed E-state index contributed by atoms with van der Waals surface area (Å²) in [6, 6.07) is 2.27. The first-order chi connectivity index (χ1) is 10.8. The maximum absolute atomic E-state index is 12.9. The van der Waals surface area contributed by atoms with Crippen molar-refractivity contribution in [3.63, 3.8) is 0 Å². The van der Waals surface area contributed by atoms with Crippen LogP contribution in [0.25, 0.3) is 5.78 Å². The quantitative estimate of drug-likeness (QED) is 0.856. The molecule has 1 atom stereocenters. The zero-order valence-corrected chi connectivity index (χ0v) is 12.8. The molecule has 0 radical (unpaired) electrons. The van der Waals surface area contributed by atoms with Gasteiger partial charge in [-0.1, -0.05) is 19.3 Å². The summed E-state index contributed by atoms with van der Waals surface area (Å²) < 4.78 is 1.82. The second-order valence-corrected chi connectivity index (χ2v) is 6.56. The molecule has 0 N–H and O–H groups in total. The molecule has 1 amide bonds. The van der Waals surface area contributed by atoms with Crippen molar-refractivity contribution in [2.45, 2.75) is 51.0 Å². The Balaban J connectivity index is 1.57. The fourth-order valence-corrected chi connectivity index (χ4v) is 4.13. The molecule has 116 valence electrons. The third-order valence-electron chi connectivity index (χ3n) is 5.21. The maximum Gasteiger partial charge on any atom is 0.274 e. The molecule has 1 aliphatic carbocycles. The van der Waals surface area contributed by atoms with Crippen LogP contribution in [0.2, 0.25) is 0 Å². The lowest BCUT2D eigenvalue weighted by Crippen LogP contribution is -2.40. The number of fused-ring (bicyclic) bond motifs is 1. The maximum atomic E-state index is 12.9. The van der Waals surface area contributed by atoms with Crippen molar-refractivity contribution in [2.24, 2.45) is 5.92 Å². The first kappa shape index (κ1) is 13.7. The highest BCUT2D eigenvalue weighted by atomic mass is 16.2. The average Bonchev–Trinajstić information content (AvgIpc) is 3.21. The van der Waals surface area contributed by atoms with Gasteiger partial charge in [0.15, 0.2) is 0 Å². The molecular weight excluding hydrogens is 276 g/mol. The van der Waals surface area contributed by atoms with Crippen LogP contribution in [-0.4, -0.2) is 37.8 Å². The number of hydrogen-bond acceptors (Lipinski definition) is 3.